The number of carbonyl (C=O) groups is 1. The summed E-state index contributed by atoms with van der Waals surface area (Å²) in [6.07, 6.45) is -4.33. The van der Waals surface area contributed by atoms with Crippen LogP contribution in [0.5, 0.6) is 0 Å². The molecule has 0 amide bonds. The molecule has 0 unspecified atom stereocenters. The first-order chi connectivity index (χ1) is 10.1. The zero-order valence-electron chi connectivity index (χ0n) is 10.9. The molecule has 0 aromatic carbocycles. The number of nitrogens with one attached hydrogen (secondary N) is 2. The highest BCUT2D eigenvalue weighted by Crippen LogP contribution is 2.38. The summed E-state index contributed by atoms with van der Waals surface area (Å²) in [5.41, 5.74) is -0.855. The molecule has 0 bridgehead atoms. The van der Waals surface area contributed by atoms with Gasteiger partial charge in [-0.1, -0.05) is 0 Å². The lowest BCUT2D eigenvalue weighted by Gasteiger charge is -2.23. The van der Waals surface area contributed by atoms with E-state index in [4.69, 9.17) is 25.1 Å². The van der Waals surface area contributed by atoms with E-state index < -0.39 is 38.4 Å². The molecule has 0 aliphatic heterocycles. The lowest BCUT2D eigenvalue weighted by atomic mass is 10.1. The minimum Gasteiger partial charge on any atom is -0.394 e. The molecule has 0 radical (unpaired) electrons. The Hall–Kier alpha value is -1.66. The lowest BCUT2D eigenvalue weighted by molar-refractivity contribution is -0.126. The molecule has 1 aromatic rings. The number of aliphatic hydroxyl groups excluding tert-OH is 3. The molecule has 13 heteroatoms. The van der Waals surface area contributed by atoms with Crippen molar-refractivity contribution in [2.45, 2.75) is 18.3 Å². The maximum Gasteiger partial charge on any atom is 0.470 e. The van der Waals surface area contributed by atoms with Gasteiger partial charge in [-0.3, -0.25) is 14.3 Å². The summed E-state index contributed by atoms with van der Waals surface area (Å²) >= 11 is 0. The van der Waals surface area contributed by atoms with Crippen molar-refractivity contribution < 1.29 is 39.0 Å². The van der Waals surface area contributed by atoms with Crippen LogP contribution >= 0.6 is 7.82 Å². The van der Waals surface area contributed by atoms with Gasteiger partial charge in [-0.05, 0) is 0 Å². The van der Waals surface area contributed by atoms with Crippen LogP contribution in [0.1, 0.15) is 0 Å². The minimum absolute atomic E-state index is 0.0702. The van der Waals surface area contributed by atoms with E-state index >= 15 is 0 Å². The van der Waals surface area contributed by atoms with Gasteiger partial charge in [-0.15, -0.1) is 0 Å². The van der Waals surface area contributed by atoms with Gasteiger partial charge in [0, 0.05) is 12.3 Å². The van der Waals surface area contributed by atoms with Crippen molar-refractivity contribution in [2.75, 3.05) is 6.61 Å². The third-order valence-electron chi connectivity index (χ3n) is 1.99. The van der Waals surface area contributed by atoms with Gasteiger partial charge in [0.05, 0.1) is 6.61 Å². The van der Waals surface area contributed by atoms with Gasteiger partial charge in [0.25, 0.3) is 5.56 Å². The number of aromatic amines is 2. The van der Waals surface area contributed by atoms with Crippen LogP contribution < -0.4 is 11.2 Å². The van der Waals surface area contributed by atoms with Crippen molar-refractivity contribution in [3.05, 3.63) is 33.1 Å². The summed E-state index contributed by atoms with van der Waals surface area (Å²) in [6, 6.07) is 1.24. The number of rotatable bonds is 6. The van der Waals surface area contributed by atoms with E-state index in [0.29, 0.717) is 0 Å². The first-order valence-electron chi connectivity index (χ1n) is 5.55. The molecular weight excluding hydrogens is 327 g/mol. The molecule has 12 nitrogen and oxygen atoms in total. The summed E-state index contributed by atoms with van der Waals surface area (Å²) < 4.78 is 14.3. The van der Waals surface area contributed by atoms with Crippen LogP contribution in [0, 0.1) is 0 Å². The third-order valence-corrected chi connectivity index (χ3v) is 2.51. The molecule has 0 fully saturated rings. The van der Waals surface area contributed by atoms with Crippen LogP contribution in [0.2, 0.25) is 0 Å². The molecule has 0 spiro atoms. The maximum absolute atomic E-state index is 10.3. The van der Waals surface area contributed by atoms with E-state index in [2.05, 4.69) is 9.51 Å². The van der Waals surface area contributed by atoms with Gasteiger partial charge in [0.1, 0.15) is 18.3 Å². The van der Waals surface area contributed by atoms with Gasteiger partial charge in [0.15, 0.2) is 6.29 Å². The van der Waals surface area contributed by atoms with E-state index in [-0.39, 0.29) is 11.8 Å². The fourth-order valence-corrected chi connectivity index (χ4v) is 1.67. The maximum atomic E-state index is 10.3. The third kappa shape index (κ3) is 8.59. The van der Waals surface area contributed by atoms with Crippen LogP contribution in [0.3, 0.4) is 0 Å². The summed E-state index contributed by atoms with van der Waals surface area (Å²) in [7, 11) is -4.95. The predicted molar refractivity (Wildman–Crippen MR) is 69.8 cm³/mol. The highest BCUT2D eigenvalue weighted by Gasteiger charge is 2.33. The van der Waals surface area contributed by atoms with Crippen molar-refractivity contribution in [1.29, 1.82) is 0 Å². The first-order valence-corrected chi connectivity index (χ1v) is 7.08. The average molecular weight is 342 g/mol. The number of phosphoric ester groups is 1. The zero-order valence-corrected chi connectivity index (χ0v) is 11.8. The van der Waals surface area contributed by atoms with Gasteiger partial charge in [0.2, 0.25) is 0 Å². The van der Waals surface area contributed by atoms with E-state index in [1.165, 1.54) is 12.3 Å². The number of aromatic nitrogens is 2. The number of aliphatic hydroxyl groups is 3. The molecule has 126 valence electrons. The van der Waals surface area contributed by atoms with Crippen LogP contribution in [-0.4, -0.2) is 66.3 Å². The second-order valence-corrected chi connectivity index (χ2v) is 4.93. The molecule has 1 heterocycles. The number of H-pyrrole nitrogens is 2. The largest absolute Gasteiger partial charge is 0.470 e. The van der Waals surface area contributed by atoms with Crippen molar-refractivity contribution in [3.63, 3.8) is 0 Å². The summed E-state index contributed by atoms with van der Waals surface area (Å²) in [6.45, 7) is -0.907. The normalized spacial score (nSPS) is 15.1. The van der Waals surface area contributed by atoms with Crippen molar-refractivity contribution >= 4 is 14.1 Å². The number of hydrogen-bond donors (Lipinski definition) is 7. The summed E-state index contributed by atoms with van der Waals surface area (Å²) in [5, 5.41) is 26.3. The van der Waals surface area contributed by atoms with Gasteiger partial charge >= 0.3 is 13.5 Å². The van der Waals surface area contributed by atoms with Gasteiger partial charge < -0.3 is 34.9 Å². The molecule has 3 atom stereocenters. The van der Waals surface area contributed by atoms with Crippen LogP contribution in [0.25, 0.3) is 0 Å². The molecule has 22 heavy (non-hydrogen) atoms. The fourth-order valence-electron chi connectivity index (χ4n) is 1.08. The van der Waals surface area contributed by atoms with Crippen molar-refractivity contribution in [3.8, 4) is 0 Å². The number of phosphoric acid groups is 1. The summed E-state index contributed by atoms with van der Waals surface area (Å²) in [5.74, 6) is 0. The molecule has 1 aromatic heterocycles. The second kappa shape index (κ2) is 9.38. The smallest absolute Gasteiger partial charge is 0.394 e. The minimum atomic E-state index is -4.95. The lowest BCUT2D eigenvalue weighted by Crippen LogP contribution is -2.41. The van der Waals surface area contributed by atoms with E-state index in [0.717, 1.165) is 0 Å². The number of aldehydes is 1. The van der Waals surface area contributed by atoms with Crippen LogP contribution in [0.4, 0.5) is 0 Å². The zero-order chi connectivity index (χ0) is 17.3. The Bertz CT molecular complexity index is 581. The molecular formula is C9H15N2O10P. The van der Waals surface area contributed by atoms with Crippen LogP contribution in [0.15, 0.2) is 21.9 Å². The monoisotopic (exact) mass is 342 g/mol. The Morgan fingerprint density at radius 2 is 1.91 bits per heavy atom. The van der Waals surface area contributed by atoms with Crippen LogP contribution in [-0.2, 0) is 13.9 Å². The molecule has 0 saturated heterocycles. The van der Waals surface area contributed by atoms with Gasteiger partial charge in [-0.25, -0.2) is 9.36 Å². The fraction of sp³-hybridized carbons (Fsp3) is 0.444. The molecule has 7 N–H and O–H groups in total. The van der Waals surface area contributed by atoms with E-state index in [1.54, 1.807) is 0 Å². The first kappa shape index (κ1) is 20.3. The predicted octanol–water partition coefficient (Wildman–Crippen LogP) is -3.56. The highest BCUT2D eigenvalue weighted by molar-refractivity contribution is 7.46. The van der Waals surface area contributed by atoms with Crippen molar-refractivity contribution in [2.24, 2.45) is 0 Å². The molecule has 0 aliphatic rings. The Kier molecular flexibility index (Phi) is 8.67. The second-order valence-electron chi connectivity index (χ2n) is 3.73. The topological polar surface area (TPSA) is 210 Å². The van der Waals surface area contributed by atoms with Crippen molar-refractivity contribution in [1.82, 2.24) is 9.97 Å². The average Bonchev–Trinajstić information content (AvgIpc) is 2.42. The Labute approximate surface area is 122 Å². The Morgan fingerprint density at radius 3 is 2.23 bits per heavy atom. The summed E-state index contributed by atoms with van der Waals surface area (Å²) in [4.78, 5) is 51.4. The molecule has 1 rings (SSSR count). The van der Waals surface area contributed by atoms with Gasteiger partial charge in [-0.2, -0.15) is 0 Å². The SMILES string of the molecule is O=C[C@@H](O)[C@H](OP(=O)(O)O)[C@H](O)CO.O=c1cc[nH]c(=O)[nH]1. The standard InChI is InChI=1S/C5H11O8P.C4H4N2O2/c6-1-3(8)5(4(9)2-7)13-14(10,11)12;7-3-1-2-5-4(8)6-3/h1,3-5,7-9H,2H2,(H2,10,11,12);1-2H,(H2,5,6,7,8)/t3-,4-,5+;/m1./s1. The number of carbonyl (C=O) groups excluding carboxylic acids is 1. The van der Waals surface area contributed by atoms with E-state index in [1.807, 2.05) is 4.98 Å². The number of hydrogen-bond acceptors (Lipinski definition) is 8. The molecule has 0 aliphatic carbocycles. The van der Waals surface area contributed by atoms with E-state index in [9.17, 15) is 18.9 Å². The Balaban J connectivity index is 0.000000461. The quantitative estimate of drug-likeness (QED) is 0.200. The molecule has 0 saturated carbocycles. The highest BCUT2D eigenvalue weighted by atomic mass is 31.2. The Morgan fingerprint density at radius 1 is 1.32 bits per heavy atom.